The van der Waals surface area contributed by atoms with Crippen molar-refractivity contribution in [3.05, 3.63) is 64.8 Å². The molecule has 2 N–H and O–H groups in total. The predicted octanol–water partition coefficient (Wildman–Crippen LogP) is 4.73. The molecule has 0 bridgehead atoms. The monoisotopic (exact) mass is 435 g/mol. The maximum Gasteiger partial charge on any atom is 0.340 e. The van der Waals surface area contributed by atoms with Gasteiger partial charge in [-0.05, 0) is 36.1 Å². The molecule has 6 heteroatoms. The largest absolute Gasteiger partial charge is 0.494 e. The molecular formula is C26H29NO5. The number of ketones is 1. The van der Waals surface area contributed by atoms with Crippen molar-refractivity contribution in [1.29, 1.82) is 0 Å². The Hall–Kier alpha value is -3.28. The lowest BCUT2D eigenvalue weighted by Crippen LogP contribution is -2.36. The van der Waals surface area contributed by atoms with Crippen molar-refractivity contribution in [1.82, 2.24) is 0 Å². The minimum atomic E-state index is -0.728. The zero-order chi connectivity index (χ0) is 23.0. The summed E-state index contributed by atoms with van der Waals surface area (Å²) in [6.45, 7) is 8.31. The molecule has 2 aliphatic rings. The Balaban J connectivity index is 2.05. The molecule has 0 fully saturated rings. The van der Waals surface area contributed by atoms with Crippen LogP contribution in [0.25, 0.3) is 10.8 Å². The summed E-state index contributed by atoms with van der Waals surface area (Å²) in [5.74, 6) is -0.253. The molecule has 0 amide bonds. The molecule has 4 rings (SSSR count). The van der Waals surface area contributed by atoms with Gasteiger partial charge in [0.1, 0.15) is 17.1 Å². The summed E-state index contributed by atoms with van der Waals surface area (Å²) in [5.41, 5.74) is 7.41. The van der Waals surface area contributed by atoms with Gasteiger partial charge in [-0.25, -0.2) is 4.79 Å². The Kier molecular flexibility index (Phi) is 5.71. The standard InChI is InChI=1S/C26H29NO5/c1-5-30-18-12-11-15-9-7-8-10-16(15)20(18)22-21-17(28)13-26(3,4)14-19(21)32-24(27)23(22)25(29)31-6-2/h7-12,22H,5-6,13-14,27H2,1-4H3/t22-/m1/s1. The van der Waals surface area contributed by atoms with Crippen LogP contribution in [0, 0.1) is 5.41 Å². The highest BCUT2D eigenvalue weighted by Crippen LogP contribution is 2.51. The number of esters is 1. The number of nitrogens with two attached hydrogens (primary N) is 1. The van der Waals surface area contributed by atoms with Crippen LogP contribution in [0.2, 0.25) is 0 Å². The van der Waals surface area contributed by atoms with Crippen LogP contribution >= 0.6 is 0 Å². The Morgan fingerprint density at radius 2 is 1.88 bits per heavy atom. The second kappa shape index (κ2) is 8.34. The first-order valence-corrected chi connectivity index (χ1v) is 11.0. The number of hydrogen-bond donors (Lipinski definition) is 1. The summed E-state index contributed by atoms with van der Waals surface area (Å²) < 4.78 is 17.2. The number of benzene rings is 2. The molecule has 0 radical (unpaired) electrons. The molecule has 1 atom stereocenters. The van der Waals surface area contributed by atoms with Crippen LogP contribution in [0.1, 0.15) is 52.0 Å². The van der Waals surface area contributed by atoms with Gasteiger partial charge in [0, 0.05) is 24.0 Å². The van der Waals surface area contributed by atoms with Gasteiger partial charge in [0.2, 0.25) is 5.88 Å². The van der Waals surface area contributed by atoms with E-state index in [0.717, 1.165) is 16.3 Å². The lowest BCUT2D eigenvalue weighted by atomic mass is 9.69. The average Bonchev–Trinajstić information content (AvgIpc) is 2.72. The van der Waals surface area contributed by atoms with Crippen LogP contribution in [0.3, 0.4) is 0 Å². The highest BCUT2D eigenvalue weighted by atomic mass is 16.5. The Labute approximate surface area is 188 Å². The zero-order valence-corrected chi connectivity index (χ0v) is 19.0. The highest BCUT2D eigenvalue weighted by Gasteiger charge is 2.46. The van der Waals surface area contributed by atoms with E-state index in [2.05, 4.69) is 0 Å². The van der Waals surface area contributed by atoms with E-state index in [4.69, 9.17) is 19.9 Å². The fourth-order valence-corrected chi connectivity index (χ4v) is 4.74. The lowest BCUT2D eigenvalue weighted by molar-refractivity contribution is -0.139. The smallest absolute Gasteiger partial charge is 0.340 e. The van der Waals surface area contributed by atoms with E-state index in [1.807, 2.05) is 57.2 Å². The van der Waals surface area contributed by atoms with E-state index in [0.29, 0.717) is 36.5 Å². The number of fused-ring (bicyclic) bond motifs is 1. The van der Waals surface area contributed by atoms with Gasteiger partial charge in [-0.3, -0.25) is 4.79 Å². The molecule has 168 valence electrons. The van der Waals surface area contributed by atoms with Crippen LogP contribution in [0.15, 0.2) is 59.2 Å². The van der Waals surface area contributed by atoms with Gasteiger partial charge >= 0.3 is 5.97 Å². The summed E-state index contributed by atoms with van der Waals surface area (Å²) in [5, 5.41) is 1.87. The van der Waals surface area contributed by atoms with Crippen molar-refractivity contribution in [2.75, 3.05) is 13.2 Å². The Bertz CT molecular complexity index is 1160. The minimum Gasteiger partial charge on any atom is -0.494 e. The van der Waals surface area contributed by atoms with Gasteiger partial charge in [-0.1, -0.05) is 44.2 Å². The van der Waals surface area contributed by atoms with Crippen LogP contribution in [0.4, 0.5) is 0 Å². The number of rotatable bonds is 5. The summed E-state index contributed by atoms with van der Waals surface area (Å²) in [6.07, 6.45) is 0.909. The van der Waals surface area contributed by atoms with E-state index in [9.17, 15) is 9.59 Å². The van der Waals surface area contributed by atoms with Crippen LogP contribution in [-0.4, -0.2) is 25.0 Å². The third-order valence-corrected chi connectivity index (χ3v) is 5.97. The van der Waals surface area contributed by atoms with E-state index >= 15 is 0 Å². The molecule has 0 saturated carbocycles. The third-order valence-electron chi connectivity index (χ3n) is 5.97. The molecule has 1 heterocycles. The van der Waals surface area contributed by atoms with Gasteiger partial charge in [0.25, 0.3) is 0 Å². The maximum atomic E-state index is 13.5. The third kappa shape index (κ3) is 3.74. The molecular weight excluding hydrogens is 406 g/mol. The second-order valence-electron chi connectivity index (χ2n) is 8.94. The van der Waals surface area contributed by atoms with Gasteiger partial charge in [0.05, 0.1) is 19.1 Å². The minimum absolute atomic E-state index is 0.0203. The van der Waals surface area contributed by atoms with Crippen molar-refractivity contribution in [2.24, 2.45) is 11.1 Å². The topological polar surface area (TPSA) is 87.9 Å². The Morgan fingerprint density at radius 3 is 2.59 bits per heavy atom. The normalized spacial score (nSPS) is 20.1. The Morgan fingerprint density at radius 1 is 1.12 bits per heavy atom. The molecule has 2 aromatic rings. The van der Waals surface area contributed by atoms with Crippen LogP contribution < -0.4 is 10.5 Å². The summed E-state index contributed by atoms with van der Waals surface area (Å²) in [4.78, 5) is 26.6. The number of allylic oxidation sites excluding steroid dienone is 2. The van der Waals surface area contributed by atoms with E-state index in [1.165, 1.54) is 0 Å². The molecule has 1 aliphatic carbocycles. The summed E-state index contributed by atoms with van der Waals surface area (Å²) >= 11 is 0. The van der Waals surface area contributed by atoms with Gasteiger partial charge in [-0.2, -0.15) is 0 Å². The van der Waals surface area contributed by atoms with E-state index in [-0.39, 0.29) is 29.3 Å². The van der Waals surface area contributed by atoms with Crippen LogP contribution in [0.5, 0.6) is 5.75 Å². The molecule has 2 aromatic carbocycles. The average molecular weight is 436 g/mol. The van der Waals surface area contributed by atoms with Crippen LogP contribution in [-0.2, 0) is 19.1 Å². The molecule has 0 unspecified atom stereocenters. The summed E-state index contributed by atoms with van der Waals surface area (Å²) in [7, 11) is 0. The van der Waals surface area contributed by atoms with Crippen molar-refractivity contribution in [3.8, 4) is 5.75 Å². The molecule has 32 heavy (non-hydrogen) atoms. The first-order chi connectivity index (χ1) is 15.3. The summed E-state index contributed by atoms with van der Waals surface area (Å²) in [6, 6.07) is 11.7. The van der Waals surface area contributed by atoms with E-state index < -0.39 is 11.9 Å². The maximum absolute atomic E-state index is 13.5. The highest BCUT2D eigenvalue weighted by molar-refractivity contribution is 6.05. The molecule has 6 nitrogen and oxygen atoms in total. The van der Waals surface area contributed by atoms with Crippen molar-refractivity contribution in [3.63, 3.8) is 0 Å². The van der Waals surface area contributed by atoms with Gasteiger partial charge < -0.3 is 19.9 Å². The number of ether oxygens (including phenoxy) is 3. The lowest BCUT2D eigenvalue weighted by Gasteiger charge is -2.38. The first kappa shape index (κ1) is 21.9. The number of carbonyl (C=O) groups excluding carboxylic acids is 2. The molecule has 0 saturated heterocycles. The number of carbonyl (C=O) groups is 2. The number of hydrogen-bond acceptors (Lipinski definition) is 6. The SMILES string of the molecule is CCOC(=O)C1=C(N)OC2=C(C(=O)CC(C)(C)C2)[C@H]1c1c(OCC)ccc2ccccc12. The number of Topliss-reactive ketones (excluding diaryl/α,β-unsaturated/α-hetero) is 1. The van der Waals surface area contributed by atoms with Crippen molar-refractivity contribution >= 4 is 22.5 Å². The quantitative estimate of drug-likeness (QED) is 0.683. The molecule has 0 spiro atoms. The van der Waals surface area contributed by atoms with Gasteiger partial charge in [-0.15, -0.1) is 0 Å². The second-order valence-corrected chi connectivity index (χ2v) is 8.94. The van der Waals surface area contributed by atoms with E-state index in [1.54, 1.807) is 6.92 Å². The first-order valence-electron chi connectivity index (χ1n) is 11.0. The molecule has 0 aromatic heterocycles. The fourth-order valence-electron chi connectivity index (χ4n) is 4.74. The van der Waals surface area contributed by atoms with Gasteiger partial charge in [0.15, 0.2) is 5.78 Å². The molecule has 1 aliphatic heterocycles. The zero-order valence-electron chi connectivity index (χ0n) is 19.0. The van der Waals surface area contributed by atoms with Crippen molar-refractivity contribution in [2.45, 2.75) is 46.5 Å². The fraction of sp³-hybridized carbons (Fsp3) is 0.385. The predicted molar refractivity (Wildman–Crippen MR) is 122 cm³/mol. The van der Waals surface area contributed by atoms with Crippen molar-refractivity contribution < 1.29 is 23.8 Å².